The van der Waals surface area contributed by atoms with Gasteiger partial charge in [-0.15, -0.1) is 0 Å². The van der Waals surface area contributed by atoms with Crippen LogP contribution in [0, 0.1) is 0 Å². The monoisotopic (exact) mass is 407 g/mol. The molecular weight excluding hydrogens is 385 g/mol. The zero-order chi connectivity index (χ0) is 19.2. The fourth-order valence-corrected chi connectivity index (χ4v) is 3.69. The fourth-order valence-electron chi connectivity index (χ4n) is 3.20. The number of hydrogen-bond acceptors (Lipinski definition) is 4. The number of ether oxygens (including phenoxy) is 1. The first-order valence-electron chi connectivity index (χ1n) is 8.92. The molecule has 0 saturated carbocycles. The summed E-state index contributed by atoms with van der Waals surface area (Å²) < 4.78 is 5.45. The molecule has 0 aliphatic carbocycles. The van der Waals surface area contributed by atoms with E-state index in [0.717, 1.165) is 44.2 Å². The summed E-state index contributed by atoms with van der Waals surface area (Å²) in [5.41, 5.74) is 1.58. The molecule has 2 aromatic rings. The zero-order valence-corrected chi connectivity index (χ0v) is 16.8. The van der Waals surface area contributed by atoms with Crippen LogP contribution in [0.2, 0.25) is 10.0 Å². The fraction of sp³-hybridized carbons (Fsp3) is 0.350. The molecule has 0 unspecified atom stereocenters. The Hall–Kier alpha value is -1.95. The quantitative estimate of drug-likeness (QED) is 0.794. The van der Waals surface area contributed by atoms with Crippen LogP contribution in [0.15, 0.2) is 42.5 Å². The lowest BCUT2D eigenvalue weighted by Gasteiger charge is -2.36. The van der Waals surface area contributed by atoms with E-state index >= 15 is 0 Å². The second-order valence-corrected chi connectivity index (χ2v) is 7.22. The van der Waals surface area contributed by atoms with Crippen molar-refractivity contribution in [3.8, 4) is 5.75 Å². The summed E-state index contributed by atoms with van der Waals surface area (Å²) in [6.07, 6.45) is 0. The van der Waals surface area contributed by atoms with Crippen LogP contribution >= 0.6 is 23.2 Å². The van der Waals surface area contributed by atoms with Crippen LogP contribution in [0.5, 0.6) is 5.75 Å². The number of carbonyl (C=O) groups is 1. The molecule has 3 rings (SSSR count). The van der Waals surface area contributed by atoms with E-state index in [0.29, 0.717) is 22.2 Å². The van der Waals surface area contributed by atoms with Crippen molar-refractivity contribution in [2.75, 3.05) is 51.3 Å². The third kappa shape index (κ3) is 5.06. The number of amides is 1. The number of rotatable bonds is 6. The van der Waals surface area contributed by atoms with Gasteiger partial charge in [0.25, 0.3) is 5.91 Å². The summed E-state index contributed by atoms with van der Waals surface area (Å²) >= 11 is 11.9. The van der Waals surface area contributed by atoms with Gasteiger partial charge >= 0.3 is 0 Å². The first-order chi connectivity index (χ1) is 13.1. The maximum atomic E-state index is 12.2. The summed E-state index contributed by atoms with van der Waals surface area (Å²) in [6, 6.07) is 13.0. The normalized spacial score (nSPS) is 14.9. The predicted octanol–water partition coefficient (Wildman–Crippen LogP) is 3.55. The Morgan fingerprint density at radius 1 is 1.11 bits per heavy atom. The minimum Gasteiger partial charge on any atom is -0.495 e. The Morgan fingerprint density at radius 3 is 2.56 bits per heavy atom. The number of nitrogens with zero attached hydrogens (tertiary/aromatic N) is 2. The van der Waals surface area contributed by atoms with Gasteiger partial charge in [0.1, 0.15) is 5.75 Å². The van der Waals surface area contributed by atoms with Gasteiger partial charge in [0.05, 0.1) is 23.4 Å². The number of halogens is 2. The molecule has 1 fully saturated rings. The van der Waals surface area contributed by atoms with E-state index in [1.807, 2.05) is 18.2 Å². The number of hydrogen-bond donors (Lipinski definition) is 1. The molecule has 1 heterocycles. The zero-order valence-electron chi connectivity index (χ0n) is 15.3. The Balaban J connectivity index is 1.45. The molecule has 2 aromatic carbocycles. The van der Waals surface area contributed by atoms with E-state index in [9.17, 15) is 4.79 Å². The smallest absolute Gasteiger partial charge is 0.252 e. The molecule has 1 N–H and O–H groups in total. The van der Waals surface area contributed by atoms with Gasteiger partial charge in [-0.25, -0.2) is 0 Å². The maximum Gasteiger partial charge on any atom is 0.252 e. The second-order valence-electron chi connectivity index (χ2n) is 6.38. The van der Waals surface area contributed by atoms with Crippen LogP contribution < -0.4 is 15.0 Å². The first kappa shape index (κ1) is 19.8. The molecule has 5 nitrogen and oxygen atoms in total. The summed E-state index contributed by atoms with van der Waals surface area (Å²) in [4.78, 5) is 16.9. The Morgan fingerprint density at radius 2 is 1.85 bits per heavy atom. The van der Waals surface area contributed by atoms with Crippen LogP contribution in [0.1, 0.15) is 10.4 Å². The van der Waals surface area contributed by atoms with E-state index in [1.165, 1.54) is 0 Å². The van der Waals surface area contributed by atoms with E-state index in [-0.39, 0.29) is 5.91 Å². The predicted molar refractivity (Wildman–Crippen MR) is 110 cm³/mol. The van der Waals surface area contributed by atoms with E-state index < -0.39 is 0 Å². The minimum atomic E-state index is -0.177. The average molecular weight is 408 g/mol. The van der Waals surface area contributed by atoms with Crippen LogP contribution in [-0.4, -0.2) is 57.2 Å². The molecule has 1 saturated heterocycles. The molecule has 0 atom stereocenters. The number of anilines is 1. The number of para-hydroxylation sites is 2. The van der Waals surface area contributed by atoms with E-state index in [1.54, 1.807) is 25.3 Å². The van der Waals surface area contributed by atoms with E-state index in [4.69, 9.17) is 27.9 Å². The van der Waals surface area contributed by atoms with Crippen molar-refractivity contribution in [1.29, 1.82) is 0 Å². The van der Waals surface area contributed by atoms with Crippen molar-refractivity contribution in [2.45, 2.75) is 0 Å². The Kier molecular flexibility index (Phi) is 6.83. The third-order valence-electron chi connectivity index (χ3n) is 4.69. The van der Waals surface area contributed by atoms with Crippen molar-refractivity contribution in [3.05, 3.63) is 58.1 Å². The second kappa shape index (κ2) is 9.31. The highest BCUT2D eigenvalue weighted by Gasteiger charge is 2.19. The van der Waals surface area contributed by atoms with Crippen molar-refractivity contribution >= 4 is 34.8 Å². The summed E-state index contributed by atoms with van der Waals surface area (Å²) in [7, 11) is 1.70. The molecular formula is C20H23Cl2N3O2. The molecule has 144 valence electrons. The lowest BCUT2D eigenvalue weighted by Crippen LogP contribution is -2.48. The molecule has 0 radical (unpaired) electrons. The lowest BCUT2D eigenvalue weighted by atomic mass is 10.2. The maximum absolute atomic E-state index is 12.2. The van der Waals surface area contributed by atoms with Gasteiger partial charge in [-0.05, 0) is 30.3 Å². The molecule has 7 heteroatoms. The molecule has 27 heavy (non-hydrogen) atoms. The highest BCUT2D eigenvalue weighted by atomic mass is 35.5. The topological polar surface area (TPSA) is 44.8 Å². The van der Waals surface area contributed by atoms with Gasteiger partial charge in [0.2, 0.25) is 0 Å². The number of nitrogens with one attached hydrogen (secondary N) is 1. The van der Waals surface area contributed by atoms with Gasteiger partial charge < -0.3 is 15.0 Å². The van der Waals surface area contributed by atoms with Crippen LogP contribution in [0.25, 0.3) is 0 Å². The van der Waals surface area contributed by atoms with Crippen molar-refractivity contribution in [2.24, 2.45) is 0 Å². The Bertz CT molecular complexity index is 793. The lowest BCUT2D eigenvalue weighted by molar-refractivity contribution is 0.0948. The SMILES string of the molecule is COc1ccccc1N1CCN(CCNC(=O)c2ccc(Cl)cc2Cl)CC1. The van der Waals surface area contributed by atoms with Crippen molar-refractivity contribution in [3.63, 3.8) is 0 Å². The summed E-state index contributed by atoms with van der Waals surface area (Å²) in [5.74, 6) is 0.724. The number of piperazine rings is 1. The van der Waals surface area contributed by atoms with Gasteiger partial charge in [0, 0.05) is 44.3 Å². The van der Waals surface area contributed by atoms with Crippen LogP contribution in [0.3, 0.4) is 0 Å². The van der Waals surface area contributed by atoms with Gasteiger partial charge in [0.15, 0.2) is 0 Å². The first-order valence-corrected chi connectivity index (χ1v) is 9.67. The van der Waals surface area contributed by atoms with Gasteiger partial charge in [-0.3, -0.25) is 9.69 Å². The molecule has 1 aliphatic heterocycles. The Labute approximate surface area is 169 Å². The molecule has 0 spiro atoms. The van der Waals surface area contributed by atoms with Crippen molar-refractivity contribution in [1.82, 2.24) is 10.2 Å². The summed E-state index contributed by atoms with van der Waals surface area (Å²) in [5, 5.41) is 3.81. The van der Waals surface area contributed by atoms with Crippen LogP contribution in [-0.2, 0) is 0 Å². The van der Waals surface area contributed by atoms with Gasteiger partial charge in [-0.1, -0.05) is 35.3 Å². The number of benzene rings is 2. The largest absolute Gasteiger partial charge is 0.495 e. The third-order valence-corrected chi connectivity index (χ3v) is 5.24. The summed E-state index contributed by atoms with van der Waals surface area (Å²) in [6.45, 7) is 5.11. The molecule has 0 bridgehead atoms. The molecule has 1 aliphatic rings. The highest BCUT2D eigenvalue weighted by molar-refractivity contribution is 6.36. The molecule has 0 aromatic heterocycles. The average Bonchev–Trinajstić information content (AvgIpc) is 2.68. The van der Waals surface area contributed by atoms with Crippen LogP contribution in [0.4, 0.5) is 5.69 Å². The van der Waals surface area contributed by atoms with Gasteiger partial charge in [-0.2, -0.15) is 0 Å². The van der Waals surface area contributed by atoms with Crippen molar-refractivity contribution < 1.29 is 9.53 Å². The number of carbonyl (C=O) groups excluding carboxylic acids is 1. The molecule has 1 amide bonds. The number of methoxy groups -OCH3 is 1. The van der Waals surface area contributed by atoms with E-state index in [2.05, 4.69) is 21.2 Å². The standard InChI is InChI=1S/C20H23Cl2N3O2/c1-27-19-5-3-2-4-18(19)25-12-10-24(11-13-25)9-8-23-20(26)16-7-6-15(21)14-17(16)22/h2-7,14H,8-13H2,1H3,(H,23,26). The minimum absolute atomic E-state index is 0.177. The highest BCUT2D eigenvalue weighted by Crippen LogP contribution is 2.28.